The van der Waals surface area contributed by atoms with Gasteiger partial charge < -0.3 is 9.08 Å². The molecule has 3 aromatic rings. The molecule has 0 aromatic heterocycles. The summed E-state index contributed by atoms with van der Waals surface area (Å²) in [5.74, 6) is -0.219. The normalized spacial score (nSPS) is 12.7. The summed E-state index contributed by atoms with van der Waals surface area (Å²) in [6.45, 7) is 6.12. The Hall–Kier alpha value is -3.33. The van der Waals surface area contributed by atoms with E-state index in [1.165, 1.54) is 12.1 Å². The van der Waals surface area contributed by atoms with Crippen molar-refractivity contribution >= 4 is 16.0 Å². The fourth-order valence-electron chi connectivity index (χ4n) is 3.59. The number of nitrogens with zero attached hydrogens (tertiary/aromatic N) is 1. The Morgan fingerprint density at radius 3 is 2.22 bits per heavy atom. The highest BCUT2D eigenvalue weighted by molar-refractivity contribution is 7.87. The molecule has 0 fully saturated rings. The Morgan fingerprint density at radius 1 is 0.944 bits per heavy atom. The zero-order chi connectivity index (χ0) is 26.5. The first-order valence-electron chi connectivity index (χ1n) is 11.5. The molecule has 0 radical (unpaired) electrons. The van der Waals surface area contributed by atoms with E-state index in [9.17, 15) is 26.4 Å². The van der Waals surface area contributed by atoms with Crippen molar-refractivity contribution in [2.75, 3.05) is 0 Å². The standard InChI is InChI=1S/C27H28F3NO4S/c1-4-19(3)31(26(32)22-14-12-20(5-2)13-15-22)18-21-8-6-10-24(16-21)35-36(33,34)25-11-7-9-23(17-25)27(28,29)30/h6-17,19H,4-5,18H2,1-3H3. The SMILES string of the molecule is CCc1ccc(C(=O)N(Cc2cccc(OS(=O)(=O)c3cccc(C(F)(F)F)c3)c2)C(C)CC)cc1. The van der Waals surface area contributed by atoms with Gasteiger partial charge in [0.1, 0.15) is 10.6 Å². The average molecular weight is 520 g/mol. The number of hydrogen-bond donors (Lipinski definition) is 0. The summed E-state index contributed by atoms with van der Waals surface area (Å²) < 4.78 is 69.5. The van der Waals surface area contributed by atoms with E-state index in [2.05, 4.69) is 0 Å². The number of carbonyl (C=O) groups excluding carboxylic acids is 1. The Kier molecular flexibility index (Phi) is 8.45. The molecular formula is C27H28F3NO4S. The zero-order valence-electron chi connectivity index (χ0n) is 20.2. The van der Waals surface area contributed by atoms with Crippen LogP contribution in [0.15, 0.2) is 77.7 Å². The van der Waals surface area contributed by atoms with Crippen LogP contribution in [0.1, 0.15) is 54.2 Å². The quantitative estimate of drug-likeness (QED) is 0.304. The Bertz CT molecular complexity index is 1310. The van der Waals surface area contributed by atoms with Crippen molar-refractivity contribution in [1.82, 2.24) is 4.90 Å². The molecule has 5 nitrogen and oxygen atoms in total. The summed E-state index contributed by atoms with van der Waals surface area (Å²) >= 11 is 0. The second-order valence-corrected chi connectivity index (χ2v) is 10.00. The summed E-state index contributed by atoms with van der Waals surface area (Å²) in [6.07, 6.45) is -3.12. The second-order valence-electron chi connectivity index (χ2n) is 8.45. The molecule has 0 bridgehead atoms. The van der Waals surface area contributed by atoms with Gasteiger partial charge in [0.15, 0.2) is 0 Å². The number of halogens is 3. The molecule has 1 atom stereocenters. The van der Waals surface area contributed by atoms with E-state index < -0.39 is 26.8 Å². The van der Waals surface area contributed by atoms with Crippen LogP contribution in [0.4, 0.5) is 13.2 Å². The number of amides is 1. The summed E-state index contributed by atoms with van der Waals surface area (Å²) in [4.78, 5) is 14.4. The molecule has 1 unspecified atom stereocenters. The van der Waals surface area contributed by atoms with E-state index in [0.29, 0.717) is 23.6 Å². The van der Waals surface area contributed by atoms with Gasteiger partial charge in [0, 0.05) is 18.2 Å². The smallest absolute Gasteiger partial charge is 0.379 e. The van der Waals surface area contributed by atoms with Crippen molar-refractivity contribution in [2.24, 2.45) is 0 Å². The topological polar surface area (TPSA) is 63.7 Å². The lowest BCUT2D eigenvalue weighted by Gasteiger charge is -2.29. The van der Waals surface area contributed by atoms with Gasteiger partial charge in [-0.3, -0.25) is 4.79 Å². The van der Waals surface area contributed by atoms with Crippen molar-refractivity contribution < 1.29 is 30.6 Å². The van der Waals surface area contributed by atoms with Crippen LogP contribution in [0.25, 0.3) is 0 Å². The van der Waals surface area contributed by atoms with Gasteiger partial charge in [0.2, 0.25) is 0 Å². The van der Waals surface area contributed by atoms with E-state index in [0.717, 1.165) is 30.2 Å². The molecule has 0 saturated heterocycles. The van der Waals surface area contributed by atoms with E-state index in [1.807, 2.05) is 32.9 Å². The van der Waals surface area contributed by atoms with Crippen LogP contribution >= 0.6 is 0 Å². The molecule has 9 heteroatoms. The average Bonchev–Trinajstić information content (AvgIpc) is 2.86. The third kappa shape index (κ3) is 6.66. The third-order valence-corrected chi connectivity index (χ3v) is 7.14. The molecule has 3 aromatic carbocycles. The van der Waals surface area contributed by atoms with Gasteiger partial charge in [-0.25, -0.2) is 0 Å². The van der Waals surface area contributed by atoms with Crippen LogP contribution in [0.3, 0.4) is 0 Å². The Labute approximate surface area is 209 Å². The minimum atomic E-state index is -4.69. The minimum Gasteiger partial charge on any atom is -0.379 e. The van der Waals surface area contributed by atoms with Crippen molar-refractivity contribution in [3.8, 4) is 5.75 Å². The number of carbonyl (C=O) groups is 1. The summed E-state index contributed by atoms with van der Waals surface area (Å²) in [5, 5.41) is 0. The molecule has 36 heavy (non-hydrogen) atoms. The molecule has 0 N–H and O–H groups in total. The Balaban J connectivity index is 1.84. The van der Waals surface area contributed by atoms with Crippen LogP contribution in [0.5, 0.6) is 5.75 Å². The van der Waals surface area contributed by atoms with Crippen LogP contribution in [0, 0.1) is 0 Å². The maximum absolute atomic E-state index is 13.3. The molecule has 0 heterocycles. The summed E-state index contributed by atoms with van der Waals surface area (Å²) in [6, 6.07) is 16.8. The van der Waals surface area contributed by atoms with E-state index in [-0.39, 0.29) is 24.2 Å². The molecule has 0 aliphatic heterocycles. The maximum Gasteiger partial charge on any atom is 0.416 e. The zero-order valence-corrected chi connectivity index (χ0v) is 21.1. The fourth-order valence-corrected chi connectivity index (χ4v) is 4.56. The number of aryl methyl sites for hydroxylation is 1. The van der Waals surface area contributed by atoms with Crippen molar-refractivity contribution in [3.05, 3.63) is 95.1 Å². The molecule has 0 saturated carbocycles. The maximum atomic E-state index is 13.3. The lowest BCUT2D eigenvalue weighted by Crippen LogP contribution is -2.37. The van der Waals surface area contributed by atoms with E-state index >= 15 is 0 Å². The van der Waals surface area contributed by atoms with Crippen LogP contribution in [0.2, 0.25) is 0 Å². The summed E-state index contributed by atoms with van der Waals surface area (Å²) in [5.41, 5.74) is 1.20. The van der Waals surface area contributed by atoms with Crippen LogP contribution in [-0.2, 0) is 29.3 Å². The van der Waals surface area contributed by atoms with Gasteiger partial charge in [-0.15, -0.1) is 0 Å². The fraction of sp³-hybridized carbons (Fsp3) is 0.296. The van der Waals surface area contributed by atoms with Gasteiger partial charge in [0.25, 0.3) is 5.91 Å². The highest BCUT2D eigenvalue weighted by atomic mass is 32.2. The lowest BCUT2D eigenvalue weighted by molar-refractivity contribution is -0.137. The first-order chi connectivity index (χ1) is 16.9. The molecular weight excluding hydrogens is 491 g/mol. The van der Waals surface area contributed by atoms with Crippen molar-refractivity contribution in [3.63, 3.8) is 0 Å². The molecule has 0 spiro atoms. The monoisotopic (exact) mass is 519 g/mol. The predicted molar refractivity (Wildman–Crippen MR) is 131 cm³/mol. The van der Waals surface area contributed by atoms with E-state index in [1.54, 1.807) is 29.2 Å². The largest absolute Gasteiger partial charge is 0.416 e. The molecule has 0 aliphatic carbocycles. The van der Waals surface area contributed by atoms with Crippen molar-refractivity contribution in [2.45, 2.75) is 57.3 Å². The minimum absolute atomic E-state index is 0.0613. The second kappa shape index (κ2) is 11.2. The molecule has 1 amide bonds. The number of hydrogen-bond acceptors (Lipinski definition) is 4. The van der Waals surface area contributed by atoms with Crippen molar-refractivity contribution in [1.29, 1.82) is 0 Å². The first-order valence-corrected chi connectivity index (χ1v) is 13.0. The number of alkyl halides is 3. The van der Waals surface area contributed by atoms with Gasteiger partial charge in [-0.1, -0.05) is 44.2 Å². The molecule has 3 rings (SSSR count). The highest BCUT2D eigenvalue weighted by Crippen LogP contribution is 2.31. The number of benzene rings is 3. The van der Waals surface area contributed by atoms with Gasteiger partial charge >= 0.3 is 16.3 Å². The number of rotatable bonds is 9. The van der Waals surface area contributed by atoms with Crippen LogP contribution in [-0.4, -0.2) is 25.3 Å². The summed E-state index contributed by atoms with van der Waals surface area (Å²) in [7, 11) is -4.51. The van der Waals surface area contributed by atoms with E-state index in [4.69, 9.17) is 4.18 Å². The third-order valence-electron chi connectivity index (χ3n) is 5.90. The highest BCUT2D eigenvalue weighted by Gasteiger charge is 2.32. The van der Waals surface area contributed by atoms with Gasteiger partial charge in [-0.2, -0.15) is 21.6 Å². The first kappa shape index (κ1) is 27.3. The molecule has 192 valence electrons. The van der Waals surface area contributed by atoms with Gasteiger partial charge in [0.05, 0.1) is 5.56 Å². The van der Waals surface area contributed by atoms with Gasteiger partial charge in [-0.05, 0) is 73.4 Å². The predicted octanol–water partition coefficient (Wildman–Crippen LogP) is 6.48. The van der Waals surface area contributed by atoms with Crippen LogP contribution < -0.4 is 4.18 Å². The lowest BCUT2D eigenvalue weighted by atomic mass is 10.1. The molecule has 0 aliphatic rings. The Morgan fingerprint density at radius 2 is 1.61 bits per heavy atom.